The van der Waals surface area contributed by atoms with Crippen molar-refractivity contribution in [3.8, 4) is 11.5 Å². The van der Waals surface area contributed by atoms with Crippen molar-refractivity contribution in [3.05, 3.63) is 33.6 Å². The molecule has 0 amide bonds. The van der Waals surface area contributed by atoms with E-state index in [0.717, 1.165) is 6.07 Å². The van der Waals surface area contributed by atoms with Gasteiger partial charge in [0, 0.05) is 0 Å². The average Bonchev–Trinajstić information content (AvgIpc) is 2.94. The van der Waals surface area contributed by atoms with Crippen LogP contribution in [0.2, 0.25) is 0 Å². The predicted molar refractivity (Wildman–Crippen MR) is 56.0 cm³/mol. The molecule has 0 N–H and O–H groups in total. The highest BCUT2D eigenvalue weighted by Crippen LogP contribution is 2.29. The van der Waals surface area contributed by atoms with Crippen molar-refractivity contribution in [1.82, 2.24) is 5.16 Å². The highest BCUT2D eigenvalue weighted by atomic mass is 16.6. The Morgan fingerprint density at radius 3 is 2.78 bits per heavy atom. The van der Waals surface area contributed by atoms with Crippen molar-refractivity contribution in [2.24, 2.45) is 0 Å². The SMILES string of the molecule is Cc1onc(-c2ccc([N+](=O)[O-])o2)c1C(=O)C=O. The van der Waals surface area contributed by atoms with Gasteiger partial charge < -0.3 is 8.94 Å². The molecule has 0 aliphatic heterocycles. The largest absolute Gasteiger partial charge is 0.433 e. The van der Waals surface area contributed by atoms with Gasteiger partial charge in [0.1, 0.15) is 10.7 Å². The van der Waals surface area contributed by atoms with E-state index >= 15 is 0 Å². The first kappa shape index (κ1) is 11.7. The number of ketones is 1. The number of hydrogen-bond donors (Lipinski definition) is 0. The number of aldehydes is 1. The Balaban J connectivity index is 2.53. The van der Waals surface area contributed by atoms with Crippen molar-refractivity contribution in [3.63, 3.8) is 0 Å². The lowest BCUT2D eigenvalue weighted by Crippen LogP contribution is -2.02. The standard InChI is InChI=1S/C10H6N2O6/c1-5-9(6(14)4-13)10(11-18-5)7-2-3-8(17-7)12(15)16/h2-4H,1H3. The molecule has 8 nitrogen and oxygen atoms in total. The van der Waals surface area contributed by atoms with Crippen LogP contribution in [0.4, 0.5) is 5.88 Å². The normalized spacial score (nSPS) is 10.3. The molecule has 92 valence electrons. The molecule has 2 rings (SSSR count). The van der Waals surface area contributed by atoms with Gasteiger partial charge in [0.2, 0.25) is 5.78 Å². The van der Waals surface area contributed by atoms with E-state index in [1.807, 2.05) is 0 Å². The monoisotopic (exact) mass is 250 g/mol. The number of nitrogens with zero attached hydrogens (tertiary/aromatic N) is 2. The molecule has 0 aromatic carbocycles. The fourth-order valence-corrected chi connectivity index (χ4v) is 1.44. The van der Waals surface area contributed by atoms with Crippen LogP contribution in [0.1, 0.15) is 16.1 Å². The zero-order valence-electron chi connectivity index (χ0n) is 9.08. The molecule has 0 unspecified atom stereocenters. The third kappa shape index (κ3) is 1.79. The molecule has 18 heavy (non-hydrogen) atoms. The summed E-state index contributed by atoms with van der Waals surface area (Å²) in [6, 6.07) is 2.39. The van der Waals surface area contributed by atoms with Crippen LogP contribution in [0.5, 0.6) is 0 Å². The molecule has 0 saturated heterocycles. The second-order valence-electron chi connectivity index (χ2n) is 3.34. The second kappa shape index (κ2) is 4.24. The lowest BCUT2D eigenvalue weighted by molar-refractivity contribution is -0.401. The smallest absolute Gasteiger partial charge is 0.399 e. The summed E-state index contributed by atoms with van der Waals surface area (Å²) < 4.78 is 9.67. The Morgan fingerprint density at radius 1 is 1.50 bits per heavy atom. The summed E-state index contributed by atoms with van der Waals surface area (Å²) in [5.74, 6) is -1.19. The molecule has 2 aromatic heterocycles. The Bertz CT molecular complexity index is 639. The van der Waals surface area contributed by atoms with E-state index in [0.29, 0.717) is 0 Å². The summed E-state index contributed by atoms with van der Waals surface area (Å²) >= 11 is 0. The van der Waals surface area contributed by atoms with Crippen LogP contribution >= 0.6 is 0 Å². The molecule has 0 atom stereocenters. The molecular weight excluding hydrogens is 244 g/mol. The van der Waals surface area contributed by atoms with Crippen molar-refractivity contribution < 1.29 is 23.5 Å². The summed E-state index contributed by atoms with van der Waals surface area (Å²) in [6.07, 6.45) is 0.111. The number of nitro groups is 1. The van der Waals surface area contributed by atoms with Crippen molar-refractivity contribution in [2.45, 2.75) is 6.92 Å². The predicted octanol–water partition coefficient (Wildman–Crippen LogP) is 1.53. The molecule has 2 heterocycles. The summed E-state index contributed by atoms with van der Waals surface area (Å²) in [5, 5.41) is 14.0. The Labute approximate surface area is 99.3 Å². The highest BCUT2D eigenvalue weighted by molar-refractivity contribution is 6.35. The average molecular weight is 250 g/mol. The van der Waals surface area contributed by atoms with Crippen LogP contribution in [0.3, 0.4) is 0 Å². The zero-order chi connectivity index (χ0) is 13.3. The van der Waals surface area contributed by atoms with Crippen LogP contribution in [0, 0.1) is 17.0 Å². The third-order valence-electron chi connectivity index (χ3n) is 2.22. The van der Waals surface area contributed by atoms with Gasteiger partial charge in [-0.25, -0.2) is 0 Å². The number of carbonyl (C=O) groups excluding carboxylic acids is 2. The molecule has 0 fully saturated rings. The van der Waals surface area contributed by atoms with Gasteiger partial charge >= 0.3 is 5.88 Å². The summed E-state index contributed by atoms with van der Waals surface area (Å²) in [6.45, 7) is 1.45. The maximum Gasteiger partial charge on any atom is 0.433 e. The number of Topliss-reactive ketones (excluding diaryl/α,β-unsaturated/α-hetero) is 1. The van der Waals surface area contributed by atoms with E-state index in [1.165, 1.54) is 13.0 Å². The second-order valence-corrected chi connectivity index (χ2v) is 3.34. The summed E-state index contributed by atoms with van der Waals surface area (Å²) in [5.41, 5.74) is -0.0908. The number of hydrogen-bond acceptors (Lipinski definition) is 7. The van der Waals surface area contributed by atoms with Gasteiger partial charge in [-0.3, -0.25) is 19.7 Å². The maximum atomic E-state index is 11.4. The van der Waals surface area contributed by atoms with E-state index in [4.69, 9.17) is 8.94 Å². The highest BCUT2D eigenvalue weighted by Gasteiger charge is 2.24. The molecule has 0 aliphatic rings. The van der Waals surface area contributed by atoms with E-state index in [-0.39, 0.29) is 29.1 Å². The first-order valence-electron chi connectivity index (χ1n) is 4.75. The van der Waals surface area contributed by atoms with Gasteiger partial charge in [-0.2, -0.15) is 0 Å². The topological polar surface area (TPSA) is 116 Å². The molecule has 0 saturated carbocycles. The Hall–Kier alpha value is -2.77. The van der Waals surface area contributed by atoms with Crippen LogP contribution in [-0.2, 0) is 4.79 Å². The Kier molecular flexibility index (Phi) is 2.76. The number of aromatic nitrogens is 1. The molecule has 0 radical (unpaired) electrons. The van der Waals surface area contributed by atoms with Crippen molar-refractivity contribution >= 4 is 18.0 Å². The fourth-order valence-electron chi connectivity index (χ4n) is 1.44. The van der Waals surface area contributed by atoms with Gasteiger partial charge in [-0.05, 0) is 13.0 Å². The minimum atomic E-state index is -0.831. The van der Waals surface area contributed by atoms with Crippen molar-refractivity contribution in [1.29, 1.82) is 0 Å². The lowest BCUT2D eigenvalue weighted by Gasteiger charge is -1.92. The number of aryl methyl sites for hydroxylation is 1. The fraction of sp³-hybridized carbons (Fsp3) is 0.100. The number of rotatable bonds is 4. The number of furan rings is 1. The van der Waals surface area contributed by atoms with Crippen LogP contribution in [-0.4, -0.2) is 22.1 Å². The first-order chi connectivity index (χ1) is 8.54. The van der Waals surface area contributed by atoms with Gasteiger partial charge in [0.15, 0.2) is 17.7 Å². The maximum absolute atomic E-state index is 11.4. The summed E-state index contributed by atoms with van der Waals surface area (Å²) in [7, 11) is 0. The van der Waals surface area contributed by atoms with Crippen molar-refractivity contribution in [2.75, 3.05) is 0 Å². The molecule has 2 aromatic rings. The van der Waals surface area contributed by atoms with Gasteiger partial charge in [0.05, 0.1) is 11.6 Å². The molecule has 0 bridgehead atoms. The van der Waals surface area contributed by atoms with Gasteiger partial charge in [0.25, 0.3) is 0 Å². The first-order valence-corrected chi connectivity index (χ1v) is 4.75. The Morgan fingerprint density at radius 2 is 2.22 bits per heavy atom. The van der Waals surface area contributed by atoms with Gasteiger partial charge in [-0.15, -0.1) is 0 Å². The molecular formula is C10H6N2O6. The molecule has 8 heteroatoms. The van der Waals surface area contributed by atoms with Gasteiger partial charge in [-0.1, -0.05) is 5.16 Å². The van der Waals surface area contributed by atoms with E-state index in [9.17, 15) is 19.7 Å². The quantitative estimate of drug-likeness (QED) is 0.265. The zero-order valence-corrected chi connectivity index (χ0v) is 9.08. The number of carbonyl (C=O) groups is 2. The minimum Gasteiger partial charge on any atom is -0.399 e. The van der Waals surface area contributed by atoms with E-state index in [2.05, 4.69) is 5.16 Å². The minimum absolute atomic E-state index is 0.0104. The van der Waals surface area contributed by atoms with Crippen LogP contribution < -0.4 is 0 Å². The third-order valence-corrected chi connectivity index (χ3v) is 2.22. The molecule has 0 spiro atoms. The molecule has 0 aliphatic carbocycles. The van der Waals surface area contributed by atoms with E-state index < -0.39 is 16.6 Å². The summed E-state index contributed by atoms with van der Waals surface area (Å²) in [4.78, 5) is 31.6. The van der Waals surface area contributed by atoms with E-state index in [1.54, 1.807) is 0 Å². The lowest BCUT2D eigenvalue weighted by atomic mass is 10.1. The van der Waals surface area contributed by atoms with Crippen LogP contribution in [0.25, 0.3) is 11.5 Å². The van der Waals surface area contributed by atoms with Crippen LogP contribution in [0.15, 0.2) is 21.1 Å².